The van der Waals surface area contributed by atoms with Crippen molar-refractivity contribution in [3.05, 3.63) is 45.1 Å². The number of aliphatic hydroxyl groups is 1. The largest absolute Gasteiger partial charge is 0.444 e. The lowest BCUT2D eigenvalue weighted by Crippen LogP contribution is -2.27. The smallest absolute Gasteiger partial charge is 0.413 e. The van der Waals surface area contributed by atoms with Crippen molar-refractivity contribution in [2.75, 3.05) is 5.32 Å². The molecule has 0 radical (unpaired) electrons. The van der Waals surface area contributed by atoms with Crippen LogP contribution in [0.3, 0.4) is 0 Å². The Kier molecular flexibility index (Phi) is 5.38. The summed E-state index contributed by atoms with van der Waals surface area (Å²) < 4.78 is 18.8. The van der Waals surface area contributed by atoms with E-state index in [-0.39, 0.29) is 5.13 Å². The number of halogens is 2. The van der Waals surface area contributed by atoms with Crippen LogP contribution in [0.25, 0.3) is 0 Å². The molecule has 1 amide bonds. The van der Waals surface area contributed by atoms with Gasteiger partial charge in [0.25, 0.3) is 0 Å². The fourth-order valence-electron chi connectivity index (χ4n) is 1.75. The Morgan fingerprint density at radius 1 is 1.48 bits per heavy atom. The number of thiazole rings is 1. The van der Waals surface area contributed by atoms with Crippen molar-refractivity contribution < 1.29 is 19.0 Å². The lowest BCUT2D eigenvalue weighted by molar-refractivity contribution is 0.0636. The molecule has 0 aliphatic rings. The number of aliphatic hydroxyl groups excluding tert-OH is 1. The highest BCUT2D eigenvalue weighted by Crippen LogP contribution is 2.36. The van der Waals surface area contributed by atoms with Crippen molar-refractivity contribution in [1.82, 2.24) is 4.98 Å². The van der Waals surface area contributed by atoms with Crippen molar-refractivity contribution in [2.45, 2.75) is 32.5 Å². The van der Waals surface area contributed by atoms with Crippen LogP contribution in [0.4, 0.5) is 14.3 Å². The summed E-state index contributed by atoms with van der Waals surface area (Å²) in [5, 5.41) is 13.1. The van der Waals surface area contributed by atoms with Crippen LogP contribution < -0.4 is 5.32 Å². The molecule has 2 rings (SSSR count). The Balaban J connectivity index is 2.16. The number of anilines is 1. The van der Waals surface area contributed by atoms with Crippen molar-refractivity contribution in [2.24, 2.45) is 0 Å². The molecule has 124 valence electrons. The molecule has 0 fully saturated rings. The molecule has 0 saturated heterocycles. The lowest BCUT2D eigenvalue weighted by Gasteiger charge is -2.18. The van der Waals surface area contributed by atoms with E-state index in [1.807, 2.05) is 0 Å². The summed E-state index contributed by atoms with van der Waals surface area (Å²) in [4.78, 5) is 16.3. The molecule has 0 saturated carbocycles. The standard InChI is InChI=1S/C15H16BrFN2O3S/c1-15(2,3)22-14(21)19-13-18-12(16)11(23-13)10(20)8-5-4-6-9(17)7-8/h4-7,10,20H,1-3H3,(H,18,19,21). The highest BCUT2D eigenvalue weighted by molar-refractivity contribution is 9.10. The number of ether oxygens (including phenoxy) is 1. The second kappa shape index (κ2) is 6.94. The molecule has 2 aromatic rings. The lowest BCUT2D eigenvalue weighted by atomic mass is 10.1. The minimum atomic E-state index is -1.05. The monoisotopic (exact) mass is 402 g/mol. The third-order valence-corrected chi connectivity index (χ3v) is 4.52. The van der Waals surface area contributed by atoms with E-state index >= 15 is 0 Å². The summed E-state index contributed by atoms with van der Waals surface area (Å²) in [6.45, 7) is 5.26. The van der Waals surface area contributed by atoms with E-state index in [2.05, 4.69) is 26.2 Å². The molecular weight excluding hydrogens is 387 g/mol. The summed E-state index contributed by atoms with van der Waals surface area (Å²) in [7, 11) is 0. The SMILES string of the molecule is CC(C)(C)OC(=O)Nc1nc(Br)c(C(O)c2cccc(F)c2)s1. The molecule has 0 aliphatic carbocycles. The number of rotatable bonds is 3. The molecule has 1 unspecified atom stereocenters. The van der Waals surface area contributed by atoms with Gasteiger partial charge in [-0.15, -0.1) is 0 Å². The normalized spacial score (nSPS) is 12.8. The molecule has 1 aromatic carbocycles. The molecule has 1 aromatic heterocycles. The molecule has 8 heteroatoms. The van der Waals surface area contributed by atoms with Crippen molar-refractivity contribution in [3.63, 3.8) is 0 Å². The first-order valence-corrected chi connectivity index (χ1v) is 8.36. The van der Waals surface area contributed by atoms with Gasteiger partial charge in [-0.2, -0.15) is 0 Å². The van der Waals surface area contributed by atoms with Crippen LogP contribution in [-0.4, -0.2) is 21.8 Å². The van der Waals surface area contributed by atoms with E-state index < -0.39 is 23.6 Å². The summed E-state index contributed by atoms with van der Waals surface area (Å²) >= 11 is 4.32. The second-order valence-electron chi connectivity index (χ2n) is 5.76. The van der Waals surface area contributed by atoms with Gasteiger partial charge in [0.2, 0.25) is 0 Å². The predicted molar refractivity (Wildman–Crippen MR) is 90.1 cm³/mol. The quantitative estimate of drug-likeness (QED) is 0.793. The van der Waals surface area contributed by atoms with E-state index in [0.29, 0.717) is 15.0 Å². The van der Waals surface area contributed by atoms with Crippen LogP contribution in [0.2, 0.25) is 0 Å². The topological polar surface area (TPSA) is 71.5 Å². The van der Waals surface area contributed by atoms with Gasteiger partial charge >= 0.3 is 6.09 Å². The van der Waals surface area contributed by atoms with E-state index in [4.69, 9.17) is 4.74 Å². The fraction of sp³-hybridized carbons (Fsp3) is 0.333. The maximum absolute atomic E-state index is 13.3. The molecule has 0 aliphatic heterocycles. The molecule has 2 N–H and O–H groups in total. The van der Waals surface area contributed by atoms with E-state index in [1.165, 1.54) is 18.2 Å². The number of hydrogen-bond acceptors (Lipinski definition) is 5. The number of carbonyl (C=O) groups is 1. The minimum Gasteiger partial charge on any atom is -0.444 e. The van der Waals surface area contributed by atoms with Crippen molar-refractivity contribution in [3.8, 4) is 0 Å². The van der Waals surface area contributed by atoms with Gasteiger partial charge in [0.15, 0.2) is 5.13 Å². The van der Waals surface area contributed by atoms with Gasteiger partial charge in [-0.25, -0.2) is 14.2 Å². The minimum absolute atomic E-state index is 0.275. The van der Waals surface area contributed by atoms with Gasteiger partial charge in [0.1, 0.15) is 22.1 Å². The van der Waals surface area contributed by atoms with Crippen LogP contribution in [0.1, 0.15) is 37.3 Å². The molecule has 5 nitrogen and oxygen atoms in total. The van der Waals surface area contributed by atoms with Gasteiger partial charge < -0.3 is 9.84 Å². The molecule has 1 atom stereocenters. The van der Waals surface area contributed by atoms with E-state index in [1.54, 1.807) is 26.8 Å². The van der Waals surface area contributed by atoms with Gasteiger partial charge in [0.05, 0.1) is 4.88 Å². The zero-order valence-electron chi connectivity index (χ0n) is 12.8. The van der Waals surface area contributed by atoms with Crippen LogP contribution in [0, 0.1) is 5.82 Å². The first kappa shape index (κ1) is 17.8. The average molecular weight is 403 g/mol. The zero-order chi connectivity index (χ0) is 17.2. The van der Waals surface area contributed by atoms with Crippen LogP contribution in [0.15, 0.2) is 28.9 Å². The Labute approximate surface area is 145 Å². The number of benzene rings is 1. The Bertz CT molecular complexity index is 715. The Hall–Kier alpha value is -1.51. The zero-order valence-corrected chi connectivity index (χ0v) is 15.2. The third-order valence-electron chi connectivity index (χ3n) is 2.63. The number of nitrogens with one attached hydrogen (secondary N) is 1. The Morgan fingerprint density at radius 3 is 2.78 bits per heavy atom. The molecular formula is C15H16BrFN2O3S. The maximum atomic E-state index is 13.3. The molecule has 0 spiro atoms. The number of amides is 1. The average Bonchev–Trinajstić information content (AvgIpc) is 2.76. The van der Waals surface area contributed by atoms with Gasteiger partial charge in [-0.05, 0) is 54.4 Å². The second-order valence-corrected chi connectivity index (χ2v) is 7.54. The highest BCUT2D eigenvalue weighted by Gasteiger charge is 2.22. The number of nitrogens with zero attached hydrogens (tertiary/aromatic N) is 1. The van der Waals surface area contributed by atoms with Gasteiger partial charge in [-0.1, -0.05) is 23.5 Å². The van der Waals surface area contributed by atoms with E-state index in [0.717, 1.165) is 11.3 Å². The highest BCUT2D eigenvalue weighted by atomic mass is 79.9. The van der Waals surface area contributed by atoms with Crippen LogP contribution in [0.5, 0.6) is 0 Å². The summed E-state index contributed by atoms with van der Waals surface area (Å²) in [5.41, 5.74) is -0.221. The van der Waals surface area contributed by atoms with Crippen molar-refractivity contribution in [1.29, 1.82) is 0 Å². The number of aromatic nitrogens is 1. The fourth-order valence-corrected chi connectivity index (χ4v) is 3.37. The molecule has 0 bridgehead atoms. The molecule has 1 heterocycles. The summed E-state index contributed by atoms with van der Waals surface area (Å²) in [6.07, 6.45) is -1.68. The van der Waals surface area contributed by atoms with E-state index in [9.17, 15) is 14.3 Å². The van der Waals surface area contributed by atoms with Crippen molar-refractivity contribution >= 4 is 38.5 Å². The Morgan fingerprint density at radius 2 is 2.17 bits per heavy atom. The van der Waals surface area contributed by atoms with Gasteiger partial charge in [-0.3, -0.25) is 5.32 Å². The number of carbonyl (C=O) groups excluding carboxylic acids is 1. The van der Waals surface area contributed by atoms with Crippen LogP contribution in [-0.2, 0) is 4.74 Å². The number of hydrogen-bond donors (Lipinski definition) is 2. The van der Waals surface area contributed by atoms with Crippen LogP contribution >= 0.6 is 27.3 Å². The first-order valence-electron chi connectivity index (χ1n) is 6.75. The van der Waals surface area contributed by atoms with Gasteiger partial charge in [0, 0.05) is 0 Å². The summed E-state index contributed by atoms with van der Waals surface area (Å²) in [6, 6.07) is 5.68. The first-order chi connectivity index (χ1) is 10.7. The summed E-state index contributed by atoms with van der Waals surface area (Å²) in [5.74, 6) is -0.436. The maximum Gasteiger partial charge on any atom is 0.413 e. The molecule has 23 heavy (non-hydrogen) atoms. The predicted octanol–water partition coefficient (Wildman–Crippen LogP) is 4.47. The third kappa shape index (κ3) is 4.98.